The fourth-order valence-electron chi connectivity index (χ4n) is 3.05. The van der Waals surface area contributed by atoms with Crippen LogP contribution >= 0.6 is 0 Å². The van der Waals surface area contributed by atoms with E-state index >= 15 is 0 Å². The zero-order valence-corrected chi connectivity index (χ0v) is 13.5. The first kappa shape index (κ1) is 15.4. The molecule has 3 heterocycles. The van der Waals surface area contributed by atoms with E-state index in [1.165, 1.54) is 0 Å². The maximum absolute atomic E-state index is 12.7. The van der Waals surface area contributed by atoms with Crippen molar-refractivity contribution >= 4 is 5.91 Å². The number of carbonyl (C=O) groups excluding carboxylic acids is 1. The summed E-state index contributed by atoms with van der Waals surface area (Å²) >= 11 is 0. The lowest BCUT2D eigenvalue weighted by atomic mass is 10.1. The van der Waals surface area contributed by atoms with Gasteiger partial charge in [-0.2, -0.15) is 5.10 Å². The smallest absolute Gasteiger partial charge is 0.254 e. The van der Waals surface area contributed by atoms with Gasteiger partial charge in [0, 0.05) is 17.8 Å². The molecule has 0 bridgehead atoms. The zero-order valence-electron chi connectivity index (χ0n) is 13.5. The lowest BCUT2D eigenvalue weighted by Crippen LogP contribution is -2.34. The van der Waals surface area contributed by atoms with Gasteiger partial charge in [0.05, 0.1) is 12.5 Å². The Kier molecular flexibility index (Phi) is 3.97. The molecule has 1 amide bonds. The van der Waals surface area contributed by atoms with E-state index in [9.17, 15) is 9.59 Å². The first-order chi connectivity index (χ1) is 11.0. The molecule has 1 atom stereocenters. The molecular weight excluding hydrogens is 296 g/mol. The van der Waals surface area contributed by atoms with Crippen LogP contribution in [0.1, 0.15) is 47.6 Å². The highest BCUT2D eigenvalue weighted by Crippen LogP contribution is 2.30. The van der Waals surface area contributed by atoms with E-state index in [4.69, 9.17) is 0 Å². The number of likely N-dealkylation sites (tertiary alicyclic amines) is 1. The molecule has 1 aliphatic heterocycles. The highest BCUT2D eigenvalue weighted by molar-refractivity contribution is 5.79. The van der Waals surface area contributed by atoms with E-state index in [1.807, 2.05) is 6.92 Å². The summed E-state index contributed by atoms with van der Waals surface area (Å²) in [6.45, 7) is 5.97. The number of aromatic nitrogens is 5. The summed E-state index contributed by atoms with van der Waals surface area (Å²) in [6, 6.07) is -0.120. The van der Waals surface area contributed by atoms with Crippen LogP contribution in [0.2, 0.25) is 0 Å². The lowest BCUT2D eigenvalue weighted by Gasteiger charge is -2.22. The van der Waals surface area contributed by atoms with Crippen molar-refractivity contribution in [3.8, 4) is 0 Å². The molecule has 3 rings (SSSR count). The number of nitrogens with zero attached hydrogens (tertiary/aromatic N) is 4. The number of rotatable bonds is 3. The Morgan fingerprint density at radius 1 is 1.26 bits per heavy atom. The predicted molar refractivity (Wildman–Crippen MR) is 82.8 cm³/mol. The van der Waals surface area contributed by atoms with Gasteiger partial charge in [0.25, 0.3) is 5.56 Å². The van der Waals surface area contributed by atoms with Gasteiger partial charge in [-0.05, 0) is 33.6 Å². The quantitative estimate of drug-likeness (QED) is 0.867. The van der Waals surface area contributed by atoms with Gasteiger partial charge in [-0.1, -0.05) is 0 Å². The normalized spacial score (nSPS) is 17.7. The minimum atomic E-state index is -0.243. The number of amides is 1. The molecule has 23 heavy (non-hydrogen) atoms. The zero-order chi connectivity index (χ0) is 16.6. The number of hydrogen-bond donors (Lipinski definition) is 2. The average Bonchev–Trinajstić information content (AvgIpc) is 3.10. The Labute approximate surface area is 133 Å². The van der Waals surface area contributed by atoms with E-state index in [1.54, 1.807) is 18.7 Å². The summed E-state index contributed by atoms with van der Waals surface area (Å²) in [6.07, 6.45) is 1.80. The molecule has 0 spiro atoms. The van der Waals surface area contributed by atoms with Crippen molar-refractivity contribution in [1.82, 2.24) is 30.0 Å². The lowest BCUT2D eigenvalue weighted by molar-refractivity contribution is -0.131. The van der Waals surface area contributed by atoms with Crippen LogP contribution in [0, 0.1) is 20.8 Å². The summed E-state index contributed by atoms with van der Waals surface area (Å²) in [4.78, 5) is 37.7. The highest BCUT2D eigenvalue weighted by Gasteiger charge is 2.33. The third-order valence-corrected chi connectivity index (χ3v) is 4.15. The predicted octanol–water partition coefficient (Wildman–Crippen LogP) is 0.719. The Hall–Kier alpha value is -2.51. The number of hydrogen-bond acceptors (Lipinski definition) is 5. The first-order valence-corrected chi connectivity index (χ1v) is 7.70. The van der Waals surface area contributed by atoms with Crippen molar-refractivity contribution in [1.29, 1.82) is 0 Å². The molecule has 2 aromatic heterocycles. The summed E-state index contributed by atoms with van der Waals surface area (Å²) in [5, 5.41) is 6.99. The van der Waals surface area contributed by atoms with Gasteiger partial charge in [0.1, 0.15) is 11.6 Å². The SMILES string of the molecule is Cc1nc([C@H]2CCCN2C(=O)Cc2c(C)nc(C)[nH]c2=O)n[nH]1. The summed E-state index contributed by atoms with van der Waals surface area (Å²) < 4.78 is 0. The van der Waals surface area contributed by atoms with Crippen LogP contribution < -0.4 is 5.56 Å². The Morgan fingerprint density at radius 3 is 2.70 bits per heavy atom. The Bertz CT molecular complexity index is 794. The van der Waals surface area contributed by atoms with Gasteiger partial charge in [0.15, 0.2) is 5.82 Å². The largest absolute Gasteiger partial charge is 0.332 e. The van der Waals surface area contributed by atoms with Crippen molar-refractivity contribution in [2.45, 2.75) is 46.1 Å². The number of nitrogens with one attached hydrogen (secondary N) is 2. The van der Waals surface area contributed by atoms with E-state index in [0.29, 0.717) is 29.5 Å². The maximum Gasteiger partial charge on any atom is 0.254 e. The molecular formula is C15H20N6O2. The average molecular weight is 316 g/mol. The molecule has 2 aromatic rings. The molecule has 1 aliphatic rings. The molecule has 0 aliphatic carbocycles. The number of aromatic amines is 2. The van der Waals surface area contributed by atoms with E-state index in [0.717, 1.165) is 18.7 Å². The summed E-state index contributed by atoms with van der Waals surface area (Å²) in [7, 11) is 0. The van der Waals surface area contributed by atoms with E-state index in [2.05, 4.69) is 25.1 Å². The van der Waals surface area contributed by atoms with Gasteiger partial charge in [-0.15, -0.1) is 0 Å². The molecule has 1 fully saturated rings. The monoisotopic (exact) mass is 316 g/mol. The van der Waals surface area contributed by atoms with Gasteiger partial charge in [-0.3, -0.25) is 14.7 Å². The second-order valence-electron chi connectivity index (χ2n) is 5.92. The van der Waals surface area contributed by atoms with Gasteiger partial charge in [-0.25, -0.2) is 9.97 Å². The van der Waals surface area contributed by atoms with Gasteiger partial charge in [0.2, 0.25) is 5.91 Å². The Morgan fingerprint density at radius 2 is 2.04 bits per heavy atom. The third kappa shape index (κ3) is 3.01. The molecule has 2 N–H and O–H groups in total. The van der Waals surface area contributed by atoms with Crippen molar-refractivity contribution in [3.63, 3.8) is 0 Å². The van der Waals surface area contributed by atoms with Crippen molar-refractivity contribution in [2.75, 3.05) is 6.54 Å². The summed E-state index contributed by atoms with van der Waals surface area (Å²) in [5.74, 6) is 1.84. The van der Waals surface area contributed by atoms with Crippen molar-refractivity contribution in [3.05, 3.63) is 39.1 Å². The minimum absolute atomic E-state index is 0.0500. The van der Waals surface area contributed by atoms with Gasteiger partial charge >= 0.3 is 0 Å². The molecule has 8 heteroatoms. The molecule has 0 radical (unpaired) electrons. The van der Waals surface area contributed by atoms with E-state index in [-0.39, 0.29) is 23.9 Å². The topological polar surface area (TPSA) is 108 Å². The number of H-pyrrole nitrogens is 2. The van der Waals surface area contributed by atoms with Crippen LogP contribution in [0.25, 0.3) is 0 Å². The standard InChI is InChI=1S/C15H20N6O2/c1-8-11(15(23)18-9(2)16-8)7-13(22)21-6-4-5-12(21)14-17-10(3)19-20-14/h12H,4-7H2,1-3H3,(H,16,18,23)(H,17,19,20)/t12-/m1/s1. The van der Waals surface area contributed by atoms with Crippen molar-refractivity contribution < 1.29 is 4.79 Å². The molecule has 1 saturated heterocycles. The van der Waals surface area contributed by atoms with Crippen LogP contribution in [-0.4, -0.2) is 42.5 Å². The second kappa shape index (κ2) is 5.94. The van der Waals surface area contributed by atoms with Crippen LogP contribution in [0.15, 0.2) is 4.79 Å². The number of aryl methyl sites for hydroxylation is 3. The summed E-state index contributed by atoms with van der Waals surface area (Å²) in [5.41, 5.74) is 0.786. The first-order valence-electron chi connectivity index (χ1n) is 7.70. The third-order valence-electron chi connectivity index (χ3n) is 4.15. The van der Waals surface area contributed by atoms with Crippen LogP contribution in [-0.2, 0) is 11.2 Å². The Balaban J connectivity index is 1.82. The second-order valence-corrected chi connectivity index (χ2v) is 5.92. The number of carbonyl (C=O) groups is 1. The molecule has 0 saturated carbocycles. The van der Waals surface area contributed by atoms with E-state index < -0.39 is 0 Å². The van der Waals surface area contributed by atoms with Crippen LogP contribution in [0.3, 0.4) is 0 Å². The van der Waals surface area contributed by atoms with Crippen LogP contribution in [0.4, 0.5) is 0 Å². The molecule has 122 valence electrons. The molecule has 8 nitrogen and oxygen atoms in total. The fraction of sp³-hybridized carbons (Fsp3) is 0.533. The highest BCUT2D eigenvalue weighted by atomic mass is 16.2. The maximum atomic E-state index is 12.7. The molecule has 0 unspecified atom stereocenters. The molecule has 0 aromatic carbocycles. The van der Waals surface area contributed by atoms with Gasteiger partial charge < -0.3 is 9.88 Å². The fourth-order valence-corrected chi connectivity index (χ4v) is 3.05. The van der Waals surface area contributed by atoms with Crippen LogP contribution in [0.5, 0.6) is 0 Å². The van der Waals surface area contributed by atoms with Crippen molar-refractivity contribution in [2.24, 2.45) is 0 Å². The minimum Gasteiger partial charge on any atom is -0.332 e.